The van der Waals surface area contributed by atoms with Gasteiger partial charge in [0, 0.05) is 12.2 Å². The van der Waals surface area contributed by atoms with Gasteiger partial charge in [-0.15, -0.1) is 0 Å². The summed E-state index contributed by atoms with van der Waals surface area (Å²) < 4.78 is 43.9. The van der Waals surface area contributed by atoms with Gasteiger partial charge >= 0.3 is 6.18 Å². The molecule has 2 rings (SSSR count). The normalized spacial score (nSPS) is 24.8. The molecule has 1 aliphatic carbocycles. The summed E-state index contributed by atoms with van der Waals surface area (Å²) in [5.41, 5.74) is 5.11. The SMILES string of the molecule is NC1CCCCCC1Oc1ncccc1C(F)(F)F. The second-order valence-electron chi connectivity index (χ2n) is 4.81. The Morgan fingerprint density at radius 1 is 1.21 bits per heavy atom. The average molecular weight is 274 g/mol. The largest absolute Gasteiger partial charge is 0.472 e. The maximum absolute atomic E-state index is 12.8. The summed E-state index contributed by atoms with van der Waals surface area (Å²) >= 11 is 0. The number of halogens is 3. The van der Waals surface area contributed by atoms with Crippen LogP contribution in [0.4, 0.5) is 13.2 Å². The molecule has 1 aromatic rings. The van der Waals surface area contributed by atoms with Crippen LogP contribution in [0.5, 0.6) is 5.88 Å². The predicted octanol–water partition coefficient (Wildman–Crippen LogP) is 3.14. The lowest BCUT2D eigenvalue weighted by Crippen LogP contribution is -2.38. The van der Waals surface area contributed by atoms with Crippen molar-refractivity contribution in [2.75, 3.05) is 0 Å². The van der Waals surface area contributed by atoms with Gasteiger partial charge in [-0.05, 0) is 31.4 Å². The zero-order valence-electron chi connectivity index (χ0n) is 10.5. The number of rotatable bonds is 2. The van der Waals surface area contributed by atoms with Gasteiger partial charge in [0.25, 0.3) is 0 Å². The quantitative estimate of drug-likeness (QED) is 0.843. The third kappa shape index (κ3) is 3.59. The minimum Gasteiger partial charge on any atom is -0.472 e. The van der Waals surface area contributed by atoms with E-state index in [2.05, 4.69) is 4.98 Å². The van der Waals surface area contributed by atoms with Crippen molar-refractivity contribution < 1.29 is 17.9 Å². The van der Waals surface area contributed by atoms with Gasteiger partial charge in [0.2, 0.25) is 5.88 Å². The van der Waals surface area contributed by atoms with Crippen LogP contribution in [0, 0.1) is 0 Å². The summed E-state index contributed by atoms with van der Waals surface area (Å²) in [6.07, 6.45) is 0.863. The molecular weight excluding hydrogens is 257 g/mol. The third-order valence-electron chi connectivity index (χ3n) is 3.34. The first-order valence-corrected chi connectivity index (χ1v) is 6.43. The fraction of sp³-hybridized carbons (Fsp3) is 0.615. The Kier molecular flexibility index (Phi) is 4.29. The highest BCUT2D eigenvalue weighted by Gasteiger charge is 2.36. The van der Waals surface area contributed by atoms with Crippen LogP contribution in [0.2, 0.25) is 0 Å². The van der Waals surface area contributed by atoms with Crippen molar-refractivity contribution in [2.24, 2.45) is 5.73 Å². The van der Waals surface area contributed by atoms with E-state index < -0.39 is 17.8 Å². The summed E-state index contributed by atoms with van der Waals surface area (Å²) in [5, 5.41) is 0. The van der Waals surface area contributed by atoms with Gasteiger partial charge in [0.15, 0.2) is 0 Å². The van der Waals surface area contributed by atoms with E-state index in [0.717, 1.165) is 31.7 Å². The fourth-order valence-corrected chi connectivity index (χ4v) is 2.29. The second-order valence-corrected chi connectivity index (χ2v) is 4.81. The van der Waals surface area contributed by atoms with Crippen molar-refractivity contribution in [3.8, 4) is 5.88 Å². The molecule has 3 nitrogen and oxygen atoms in total. The standard InChI is InChI=1S/C13H17F3N2O/c14-13(15,16)9-5-4-8-18-12(9)19-11-7-3-1-2-6-10(11)17/h4-5,8,10-11H,1-3,6-7,17H2. The summed E-state index contributed by atoms with van der Waals surface area (Å²) in [6.45, 7) is 0. The van der Waals surface area contributed by atoms with Gasteiger partial charge < -0.3 is 10.5 Å². The molecule has 0 saturated heterocycles. The molecule has 1 fully saturated rings. The molecule has 2 unspecified atom stereocenters. The Balaban J connectivity index is 2.18. The molecule has 0 radical (unpaired) electrons. The summed E-state index contributed by atoms with van der Waals surface area (Å²) in [6, 6.07) is 2.00. The highest BCUT2D eigenvalue weighted by Crippen LogP contribution is 2.35. The predicted molar refractivity (Wildman–Crippen MR) is 64.7 cm³/mol. The highest BCUT2D eigenvalue weighted by molar-refractivity contribution is 5.28. The summed E-state index contributed by atoms with van der Waals surface area (Å²) in [7, 11) is 0. The van der Waals surface area contributed by atoms with E-state index in [1.807, 2.05) is 0 Å². The van der Waals surface area contributed by atoms with Crippen molar-refractivity contribution in [3.05, 3.63) is 23.9 Å². The lowest BCUT2D eigenvalue weighted by molar-refractivity contribution is -0.139. The molecule has 1 aliphatic rings. The second kappa shape index (κ2) is 5.77. The van der Waals surface area contributed by atoms with Gasteiger partial charge in [-0.2, -0.15) is 13.2 Å². The monoisotopic (exact) mass is 274 g/mol. The van der Waals surface area contributed by atoms with Gasteiger partial charge in [-0.1, -0.05) is 12.8 Å². The first-order chi connectivity index (χ1) is 8.98. The number of hydrogen-bond donors (Lipinski definition) is 1. The Morgan fingerprint density at radius 3 is 2.68 bits per heavy atom. The molecule has 1 aromatic heterocycles. The fourth-order valence-electron chi connectivity index (χ4n) is 2.29. The molecule has 0 aromatic carbocycles. The van der Waals surface area contributed by atoms with E-state index in [1.54, 1.807) is 0 Å². The summed E-state index contributed by atoms with van der Waals surface area (Å²) in [4.78, 5) is 3.71. The molecule has 1 saturated carbocycles. The molecule has 2 N–H and O–H groups in total. The van der Waals surface area contributed by atoms with Crippen molar-refractivity contribution >= 4 is 0 Å². The van der Waals surface area contributed by atoms with E-state index in [4.69, 9.17) is 10.5 Å². The Hall–Kier alpha value is -1.30. The van der Waals surface area contributed by atoms with Crippen molar-refractivity contribution in [2.45, 2.75) is 50.4 Å². The van der Waals surface area contributed by atoms with E-state index >= 15 is 0 Å². The van der Waals surface area contributed by atoms with Crippen molar-refractivity contribution in [3.63, 3.8) is 0 Å². The van der Waals surface area contributed by atoms with Gasteiger partial charge in [0.1, 0.15) is 11.7 Å². The maximum atomic E-state index is 12.8. The Morgan fingerprint density at radius 2 is 1.95 bits per heavy atom. The minimum atomic E-state index is -4.46. The lowest BCUT2D eigenvalue weighted by Gasteiger charge is -2.23. The molecule has 19 heavy (non-hydrogen) atoms. The molecule has 106 valence electrons. The molecule has 0 aliphatic heterocycles. The van der Waals surface area contributed by atoms with Gasteiger partial charge in [-0.25, -0.2) is 4.98 Å². The van der Waals surface area contributed by atoms with E-state index in [9.17, 15) is 13.2 Å². The summed E-state index contributed by atoms with van der Waals surface area (Å²) in [5.74, 6) is -0.364. The van der Waals surface area contributed by atoms with Crippen LogP contribution in [-0.2, 0) is 6.18 Å². The van der Waals surface area contributed by atoms with Crippen LogP contribution >= 0.6 is 0 Å². The van der Waals surface area contributed by atoms with Crippen molar-refractivity contribution in [1.29, 1.82) is 0 Å². The molecule has 0 bridgehead atoms. The topological polar surface area (TPSA) is 48.1 Å². The molecule has 0 amide bonds. The van der Waals surface area contributed by atoms with Gasteiger partial charge in [-0.3, -0.25) is 0 Å². The third-order valence-corrected chi connectivity index (χ3v) is 3.34. The average Bonchev–Trinajstić information content (AvgIpc) is 2.54. The van der Waals surface area contributed by atoms with Crippen LogP contribution in [-0.4, -0.2) is 17.1 Å². The number of nitrogens with zero attached hydrogens (tertiary/aromatic N) is 1. The number of nitrogens with two attached hydrogens (primary N) is 1. The molecular formula is C13H17F3N2O. The van der Waals surface area contributed by atoms with Gasteiger partial charge in [0.05, 0.1) is 0 Å². The van der Waals surface area contributed by atoms with Crippen LogP contribution in [0.25, 0.3) is 0 Å². The first kappa shape index (κ1) is 14.1. The highest BCUT2D eigenvalue weighted by atomic mass is 19.4. The van der Waals surface area contributed by atoms with Crippen molar-refractivity contribution in [1.82, 2.24) is 4.98 Å². The lowest BCUT2D eigenvalue weighted by atomic mass is 10.1. The van der Waals surface area contributed by atoms with Crippen LogP contribution in [0.1, 0.15) is 37.7 Å². The Labute approximate surface area is 110 Å². The molecule has 0 spiro atoms. The maximum Gasteiger partial charge on any atom is 0.421 e. The number of hydrogen-bond acceptors (Lipinski definition) is 3. The van der Waals surface area contributed by atoms with E-state index in [0.29, 0.717) is 6.42 Å². The number of pyridine rings is 1. The Bertz CT molecular complexity index is 423. The van der Waals surface area contributed by atoms with E-state index in [-0.39, 0.29) is 11.9 Å². The van der Waals surface area contributed by atoms with Crippen LogP contribution < -0.4 is 10.5 Å². The van der Waals surface area contributed by atoms with Crippen LogP contribution in [0.3, 0.4) is 0 Å². The number of aromatic nitrogens is 1. The molecule has 1 heterocycles. The smallest absolute Gasteiger partial charge is 0.421 e. The van der Waals surface area contributed by atoms with Crippen LogP contribution in [0.15, 0.2) is 18.3 Å². The van der Waals surface area contributed by atoms with E-state index in [1.165, 1.54) is 12.3 Å². The number of alkyl halides is 3. The molecule has 6 heteroatoms. The zero-order valence-corrected chi connectivity index (χ0v) is 10.5. The number of ether oxygens (including phenoxy) is 1. The minimum absolute atomic E-state index is 0.231. The molecule has 2 atom stereocenters. The first-order valence-electron chi connectivity index (χ1n) is 6.43. The zero-order chi connectivity index (χ0) is 13.9.